The van der Waals surface area contributed by atoms with Crippen molar-refractivity contribution in [1.29, 1.82) is 0 Å². The molecular formula is C66H127NO5. The zero-order valence-corrected chi connectivity index (χ0v) is 48.7. The lowest BCUT2D eigenvalue weighted by Gasteiger charge is -2.22. The van der Waals surface area contributed by atoms with E-state index in [-0.39, 0.29) is 18.5 Å². The van der Waals surface area contributed by atoms with E-state index >= 15 is 0 Å². The molecule has 0 spiro atoms. The number of carbonyl (C=O) groups excluding carboxylic acids is 2. The fourth-order valence-electron chi connectivity index (χ4n) is 10.2. The van der Waals surface area contributed by atoms with E-state index in [0.29, 0.717) is 25.9 Å². The summed E-state index contributed by atoms with van der Waals surface area (Å²) in [6.45, 7) is 4.95. The van der Waals surface area contributed by atoms with Crippen LogP contribution in [-0.2, 0) is 14.3 Å². The Balaban J connectivity index is 3.42. The van der Waals surface area contributed by atoms with Crippen LogP contribution in [0, 0.1) is 0 Å². The SMILES string of the molecule is CCCCC/C=C\CCCCCCCC(=O)OCCCCCCCCCCCCC/C=C\CCCCCCCCCC(=O)NC(CO)C(O)CCCCCCCCCCCCCCCCCCCCCCC. The lowest BCUT2D eigenvalue weighted by atomic mass is 10.0. The molecule has 0 aromatic rings. The smallest absolute Gasteiger partial charge is 0.305 e. The third-order valence-electron chi connectivity index (χ3n) is 15.2. The van der Waals surface area contributed by atoms with Crippen molar-refractivity contribution in [3.8, 4) is 0 Å². The summed E-state index contributed by atoms with van der Waals surface area (Å²) in [6, 6.07) is -0.547. The van der Waals surface area contributed by atoms with Crippen molar-refractivity contribution in [2.24, 2.45) is 0 Å². The molecule has 3 N–H and O–H groups in total. The number of amides is 1. The van der Waals surface area contributed by atoms with Crippen LogP contribution < -0.4 is 5.32 Å². The van der Waals surface area contributed by atoms with Gasteiger partial charge in [-0.3, -0.25) is 9.59 Å². The Morgan fingerprint density at radius 1 is 0.375 bits per heavy atom. The lowest BCUT2D eigenvalue weighted by Crippen LogP contribution is -2.45. The van der Waals surface area contributed by atoms with Gasteiger partial charge in [-0.2, -0.15) is 0 Å². The number of esters is 1. The van der Waals surface area contributed by atoms with Gasteiger partial charge in [0.05, 0.1) is 25.4 Å². The quantitative estimate of drug-likeness (QED) is 0.0320. The van der Waals surface area contributed by atoms with E-state index in [0.717, 1.165) is 44.9 Å². The molecule has 0 aliphatic rings. The first-order chi connectivity index (χ1) is 35.5. The van der Waals surface area contributed by atoms with Gasteiger partial charge in [0.15, 0.2) is 0 Å². The number of carbonyl (C=O) groups is 2. The van der Waals surface area contributed by atoms with E-state index in [1.54, 1.807) is 0 Å². The molecule has 0 aromatic heterocycles. The van der Waals surface area contributed by atoms with Crippen LogP contribution in [0.4, 0.5) is 0 Å². The molecule has 2 unspecified atom stereocenters. The largest absolute Gasteiger partial charge is 0.466 e. The molecule has 0 fully saturated rings. The van der Waals surface area contributed by atoms with Gasteiger partial charge in [-0.25, -0.2) is 0 Å². The monoisotopic (exact) mass is 1010 g/mol. The molecule has 1 amide bonds. The van der Waals surface area contributed by atoms with Crippen LogP contribution in [0.3, 0.4) is 0 Å². The third kappa shape index (κ3) is 57.6. The summed E-state index contributed by atoms with van der Waals surface area (Å²) in [6.07, 6.45) is 76.2. The number of nitrogens with one attached hydrogen (secondary N) is 1. The first kappa shape index (κ1) is 70.3. The van der Waals surface area contributed by atoms with E-state index in [9.17, 15) is 19.8 Å². The van der Waals surface area contributed by atoms with Gasteiger partial charge in [0.1, 0.15) is 0 Å². The molecule has 2 atom stereocenters. The fourth-order valence-corrected chi connectivity index (χ4v) is 10.2. The van der Waals surface area contributed by atoms with E-state index in [2.05, 4.69) is 43.5 Å². The number of aliphatic hydroxyl groups excluding tert-OH is 2. The molecule has 72 heavy (non-hydrogen) atoms. The molecule has 0 heterocycles. The zero-order valence-electron chi connectivity index (χ0n) is 48.7. The summed E-state index contributed by atoms with van der Waals surface area (Å²) in [5.41, 5.74) is 0. The van der Waals surface area contributed by atoms with E-state index in [1.165, 1.54) is 283 Å². The first-order valence-corrected chi connectivity index (χ1v) is 32.6. The predicted molar refractivity (Wildman–Crippen MR) is 315 cm³/mol. The summed E-state index contributed by atoms with van der Waals surface area (Å²) in [7, 11) is 0. The second kappa shape index (κ2) is 61.9. The van der Waals surface area contributed by atoms with Crippen LogP contribution in [0.5, 0.6) is 0 Å². The van der Waals surface area contributed by atoms with Gasteiger partial charge in [-0.05, 0) is 77.0 Å². The average molecular weight is 1010 g/mol. The Bertz CT molecular complexity index is 1120. The molecule has 0 radical (unpaired) electrons. The van der Waals surface area contributed by atoms with Gasteiger partial charge in [0.25, 0.3) is 0 Å². The molecule has 426 valence electrons. The third-order valence-corrected chi connectivity index (χ3v) is 15.2. The highest BCUT2D eigenvalue weighted by Gasteiger charge is 2.20. The Morgan fingerprint density at radius 2 is 0.653 bits per heavy atom. The Kier molecular flexibility index (Phi) is 60.5. The first-order valence-electron chi connectivity index (χ1n) is 32.6. The minimum Gasteiger partial charge on any atom is -0.466 e. The van der Waals surface area contributed by atoms with Crippen molar-refractivity contribution in [3.05, 3.63) is 24.3 Å². The van der Waals surface area contributed by atoms with Gasteiger partial charge >= 0.3 is 5.97 Å². The van der Waals surface area contributed by atoms with Crippen molar-refractivity contribution in [2.45, 2.75) is 373 Å². The Hall–Kier alpha value is -1.66. The fraction of sp³-hybridized carbons (Fsp3) is 0.909. The predicted octanol–water partition coefficient (Wildman–Crippen LogP) is 20.6. The number of unbranched alkanes of at least 4 members (excludes halogenated alkanes) is 46. The van der Waals surface area contributed by atoms with Crippen LogP contribution in [0.2, 0.25) is 0 Å². The molecule has 0 bridgehead atoms. The van der Waals surface area contributed by atoms with Crippen LogP contribution in [0.1, 0.15) is 361 Å². The van der Waals surface area contributed by atoms with Crippen molar-refractivity contribution in [2.75, 3.05) is 13.2 Å². The van der Waals surface area contributed by atoms with E-state index in [4.69, 9.17) is 4.74 Å². The van der Waals surface area contributed by atoms with Crippen LogP contribution in [-0.4, -0.2) is 47.4 Å². The minimum atomic E-state index is -0.670. The average Bonchev–Trinajstić information content (AvgIpc) is 3.38. The second-order valence-corrected chi connectivity index (χ2v) is 22.4. The maximum Gasteiger partial charge on any atom is 0.305 e. The van der Waals surface area contributed by atoms with Crippen molar-refractivity contribution in [1.82, 2.24) is 5.32 Å². The molecular weight excluding hydrogens is 887 g/mol. The molecule has 0 saturated heterocycles. The van der Waals surface area contributed by atoms with Crippen LogP contribution in [0.25, 0.3) is 0 Å². The summed E-state index contributed by atoms with van der Waals surface area (Å²) >= 11 is 0. The number of allylic oxidation sites excluding steroid dienone is 4. The highest BCUT2D eigenvalue weighted by Crippen LogP contribution is 2.18. The van der Waals surface area contributed by atoms with Crippen molar-refractivity contribution >= 4 is 11.9 Å². The van der Waals surface area contributed by atoms with Gasteiger partial charge in [-0.15, -0.1) is 0 Å². The Morgan fingerprint density at radius 3 is 1.01 bits per heavy atom. The highest BCUT2D eigenvalue weighted by molar-refractivity contribution is 5.76. The number of hydrogen-bond donors (Lipinski definition) is 3. The summed E-state index contributed by atoms with van der Waals surface area (Å²) < 4.78 is 5.47. The van der Waals surface area contributed by atoms with E-state index in [1.807, 2.05) is 0 Å². The molecule has 0 rings (SSSR count). The summed E-state index contributed by atoms with van der Waals surface area (Å²) in [4.78, 5) is 24.5. The van der Waals surface area contributed by atoms with Gasteiger partial charge in [0, 0.05) is 12.8 Å². The topological polar surface area (TPSA) is 95.9 Å². The van der Waals surface area contributed by atoms with Crippen molar-refractivity contribution in [3.63, 3.8) is 0 Å². The van der Waals surface area contributed by atoms with Crippen LogP contribution in [0.15, 0.2) is 24.3 Å². The Labute approximate surface area is 450 Å². The minimum absolute atomic E-state index is 0.000434. The van der Waals surface area contributed by atoms with Gasteiger partial charge in [0.2, 0.25) is 5.91 Å². The molecule has 0 aromatic carbocycles. The molecule has 0 aliphatic heterocycles. The zero-order chi connectivity index (χ0) is 52.2. The lowest BCUT2D eigenvalue weighted by molar-refractivity contribution is -0.143. The van der Waals surface area contributed by atoms with Crippen LogP contribution >= 0.6 is 0 Å². The maximum atomic E-state index is 12.5. The normalized spacial score (nSPS) is 12.7. The molecule has 0 aliphatic carbocycles. The maximum absolute atomic E-state index is 12.5. The molecule has 6 heteroatoms. The highest BCUT2D eigenvalue weighted by atomic mass is 16.5. The molecule has 6 nitrogen and oxygen atoms in total. The molecule has 0 saturated carbocycles. The van der Waals surface area contributed by atoms with Gasteiger partial charge in [-0.1, -0.05) is 295 Å². The summed E-state index contributed by atoms with van der Waals surface area (Å²) in [5, 5.41) is 23.4. The second-order valence-electron chi connectivity index (χ2n) is 22.4. The van der Waals surface area contributed by atoms with Gasteiger partial charge < -0.3 is 20.3 Å². The standard InChI is InChI=1S/C66H127NO5/c1-3-5-7-9-11-13-15-17-18-19-20-23-26-29-32-35-38-42-46-50-54-58-64(69)63(62-68)67-65(70)59-55-51-47-43-39-36-33-30-27-24-21-22-25-28-31-34-37-41-45-49-53-57-61-72-66(71)60-56-52-48-44-40-16-14-12-10-8-6-4-2/h12,14,24,27,63-64,68-69H,3-11,13,15-23,25-26,28-62H2,1-2H3,(H,67,70)/b14-12-,27-24-. The number of ether oxygens (including phenoxy) is 1. The number of hydrogen-bond acceptors (Lipinski definition) is 5. The van der Waals surface area contributed by atoms with E-state index < -0.39 is 12.1 Å². The number of aliphatic hydroxyl groups is 2. The summed E-state index contributed by atoms with van der Waals surface area (Å²) in [5.74, 6) is -0.0380. The number of rotatable bonds is 61. The van der Waals surface area contributed by atoms with Crippen molar-refractivity contribution < 1.29 is 24.5 Å².